The summed E-state index contributed by atoms with van der Waals surface area (Å²) in [7, 11) is 1.59. The average Bonchev–Trinajstić information content (AvgIpc) is 2.35. The summed E-state index contributed by atoms with van der Waals surface area (Å²) in [5, 5.41) is 5.37. The van der Waals surface area contributed by atoms with E-state index < -0.39 is 0 Å². The Balaban J connectivity index is 1.75. The lowest BCUT2D eigenvalue weighted by Gasteiger charge is -2.23. The molecule has 0 aliphatic heterocycles. The molecule has 1 aromatic rings. The molecule has 0 atom stereocenters. The summed E-state index contributed by atoms with van der Waals surface area (Å²) < 4.78 is 5.03. The quantitative estimate of drug-likeness (QED) is 0.846. The van der Waals surface area contributed by atoms with Gasteiger partial charge < -0.3 is 15.4 Å². The molecule has 102 valence electrons. The molecule has 1 aliphatic rings. The van der Waals surface area contributed by atoms with Gasteiger partial charge in [-0.25, -0.2) is 0 Å². The Labute approximate surface area is 112 Å². The lowest BCUT2D eigenvalue weighted by molar-refractivity contribution is -0.129. The van der Waals surface area contributed by atoms with E-state index in [0.717, 1.165) is 25.0 Å². The Morgan fingerprint density at radius 2 is 1.95 bits per heavy atom. The van der Waals surface area contributed by atoms with Gasteiger partial charge >= 0.3 is 0 Å². The highest BCUT2D eigenvalue weighted by atomic mass is 16.5. The SMILES string of the molecule is COc1ccc(NC(=O)CNC(=O)C2CCC2)cc1. The third kappa shape index (κ3) is 3.71. The van der Waals surface area contributed by atoms with E-state index in [9.17, 15) is 9.59 Å². The zero-order valence-electron chi connectivity index (χ0n) is 10.9. The van der Waals surface area contributed by atoms with Crippen molar-refractivity contribution >= 4 is 17.5 Å². The van der Waals surface area contributed by atoms with Crippen LogP contribution in [-0.4, -0.2) is 25.5 Å². The van der Waals surface area contributed by atoms with Crippen LogP contribution < -0.4 is 15.4 Å². The van der Waals surface area contributed by atoms with Gasteiger partial charge in [0.2, 0.25) is 11.8 Å². The summed E-state index contributed by atoms with van der Waals surface area (Å²) in [6.07, 6.45) is 2.98. The summed E-state index contributed by atoms with van der Waals surface area (Å²) in [6.45, 7) is 0.0152. The van der Waals surface area contributed by atoms with E-state index in [1.165, 1.54) is 0 Å². The number of benzene rings is 1. The third-order valence-corrected chi connectivity index (χ3v) is 3.27. The predicted molar refractivity (Wildman–Crippen MR) is 72.0 cm³/mol. The number of amides is 2. The molecule has 0 bridgehead atoms. The number of ether oxygens (including phenoxy) is 1. The smallest absolute Gasteiger partial charge is 0.243 e. The van der Waals surface area contributed by atoms with Crippen molar-refractivity contribution in [3.63, 3.8) is 0 Å². The Kier molecular flexibility index (Phi) is 4.39. The van der Waals surface area contributed by atoms with E-state index in [2.05, 4.69) is 10.6 Å². The first kappa shape index (κ1) is 13.4. The van der Waals surface area contributed by atoms with Gasteiger partial charge in [-0.05, 0) is 37.1 Å². The minimum absolute atomic E-state index is 0.0152. The fraction of sp³-hybridized carbons (Fsp3) is 0.429. The van der Waals surface area contributed by atoms with Gasteiger partial charge in [0.25, 0.3) is 0 Å². The summed E-state index contributed by atoms with van der Waals surface area (Å²) in [4.78, 5) is 23.2. The standard InChI is InChI=1S/C14H18N2O3/c1-19-12-7-5-11(6-8-12)16-13(17)9-15-14(18)10-3-2-4-10/h5-8,10H,2-4,9H2,1H3,(H,15,18)(H,16,17). The van der Waals surface area contributed by atoms with Crippen LogP contribution in [0.5, 0.6) is 5.75 Å². The number of hydrogen-bond donors (Lipinski definition) is 2. The van der Waals surface area contributed by atoms with Crippen molar-refractivity contribution in [1.82, 2.24) is 5.32 Å². The Hall–Kier alpha value is -2.04. The van der Waals surface area contributed by atoms with Crippen LogP contribution in [0.25, 0.3) is 0 Å². The van der Waals surface area contributed by atoms with Crippen LogP contribution in [0.1, 0.15) is 19.3 Å². The van der Waals surface area contributed by atoms with Crippen LogP contribution in [-0.2, 0) is 9.59 Å². The Bertz CT molecular complexity index is 452. The van der Waals surface area contributed by atoms with Crippen LogP contribution in [0.15, 0.2) is 24.3 Å². The third-order valence-electron chi connectivity index (χ3n) is 3.27. The molecule has 0 unspecified atom stereocenters. The molecular weight excluding hydrogens is 244 g/mol. The topological polar surface area (TPSA) is 67.4 Å². The van der Waals surface area contributed by atoms with Crippen LogP contribution in [0.2, 0.25) is 0 Å². The molecule has 1 aliphatic carbocycles. The molecule has 5 heteroatoms. The minimum Gasteiger partial charge on any atom is -0.497 e. The zero-order valence-corrected chi connectivity index (χ0v) is 10.9. The van der Waals surface area contributed by atoms with Crippen molar-refractivity contribution in [3.05, 3.63) is 24.3 Å². The van der Waals surface area contributed by atoms with Gasteiger partial charge in [-0.1, -0.05) is 6.42 Å². The lowest BCUT2D eigenvalue weighted by atomic mass is 9.85. The number of anilines is 1. The van der Waals surface area contributed by atoms with E-state index >= 15 is 0 Å². The maximum atomic E-state index is 11.6. The van der Waals surface area contributed by atoms with Gasteiger partial charge in [-0.3, -0.25) is 9.59 Å². The summed E-state index contributed by atoms with van der Waals surface area (Å²) in [6, 6.07) is 7.04. The average molecular weight is 262 g/mol. The van der Waals surface area contributed by atoms with Crippen LogP contribution in [0.3, 0.4) is 0 Å². The van der Waals surface area contributed by atoms with Crippen LogP contribution in [0, 0.1) is 5.92 Å². The number of carbonyl (C=O) groups is 2. The van der Waals surface area contributed by atoms with Gasteiger partial charge in [-0.2, -0.15) is 0 Å². The highest BCUT2D eigenvalue weighted by Crippen LogP contribution is 2.26. The normalized spacial score (nSPS) is 14.4. The second-order valence-corrected chi connectivity index (χ2v) is 4.62. The molecule has 1 saturated carbocycles. The van der Waals surface area contributed by atoms with Gasteiger partial charge in [-0.15, -0.1) is 0 Å². The van der Waals surface area contributed by atoms with Crippen molar-refractivity contribution in [2.75, 3.05) is 19.0 Å². The summed E-state index contributed by atoms with van der Waals surface area (Å²) in [5.41, 5.74) is 0.684. The molecule has 19 heavy (non-hydrogen) atoms. The first-order valence-electron chi connectivity index (χ1n) is 6.40. The van der Waals surface area contributed by atoms with Gasteiger partial charge in [0.15, 0.2) is 0 Å². The fourth-order valence-corrected chi connectivity index (χ4v) is 1.86. The second kappa shape index (κ2) is 6.22. The number of methoxy groups -OCH3 is 1. The molecule has 0 saturated heterocycles. The summed E-state index contributed by atoms with van der Waals surface area (Å²) >= 11 is 0. The van der Waals surface area contributed by atoms with Gasteiger partial charge in [0, 0.05) is 11.6 Å². The highest BCUT2D eigenvalue weighted by Gasteiger charge is 2.25. The molecule has 0 radical (unpaired) electrons. The number of carbonyl (C=O) groups excluding carboxylic acids is 2. The van der Waals surface area contributed by atoms with E-state index in [1.807, 2.05) is 0 Å². The molecule has 2 N–H and O–H groups in total. The number of hydrogen-bond acceptors (Lipinski definition) is 3. The van der Waals surface area contributed by atoms with E-state index in [0.29, 0.717) is 5.69 Å². The monoisotopic (exact) mass is 262 g/mol. The van der Waals surface area contributed by atoms with Crippen molar-refractivity contribution in [3.8, 4) is 5.75 Å². The summed E-state index contributed by atoms with van der Waals surface area (Å²) in [5.74, 6) is 0.596. The molecule has 0 aromatic heterocycles. The van der Waals surface area contributed by atoms with E-state index in [1.54, 1.807) is 31.4 Å². The van der Waals surface area contributed by atoms with Crippen molar-refractivity contribution < 1.29 is 14.3 Å². The number of rotatable bonds is 5. The van der Waals surface area contributed by atoms with E-state index in [4.69, 9.17) is 4.74 Å². The molecule has 1 fully saturated rings. The van der Waals surface area contributed by atoms with E-state index in [-0.39, 0.29) is 24.3 Å². The molecule has 0 spiro atoms. The molecule has 2 amide bonds. The molecule has 1 aromatic carbocycles. The largest absolute Gasteiger partial charge is 0.497 e. The van der Waals surface area contributed by atoms with Gasteiger partial charge in [0.1, 0.15) is 5.75 Å². The maximum absolute atomic E-state index is 11.6. The van der Waals surface area contributed by atoms with Crippen molar-refractivity contribution in [1.29, 1.82) is 0 Å². The fourth-order valence-electron chi connectivity index (χ4n) is 1.86. The van der Waals surface area contributed by atoms with Crippen molar-refractivity contribution in [2.45, 2.75) is 19.3 Å². The van der Waals surface area contributed by atoms with Crippen molar-refractivity contribution in [2.24, 2.45) is 5.92 Å². The van der Waals surface area contributed by atoms with Gasteiger partial charge in [0.05, 0.1) is 13.7 Å². The molecule has 5 nitrogen and oxygen atoms in total. The number of nitrogens with one attached hydrogen (secondary N) is 2. The Morgan fingerprint density at radius 3 is 2.47 bits per heavy atom. The molecular formula is C14H18N2O3. The Morgan fingerprint density at radius 1 is 1.26 bits per heavy atom. The van der Waals surface area contributed by atoms with Crippen LogP contribution in [0.4, 0.5) is 5.69 Å². The highest BCUT2D eigenvalue weighted by molar-refractivity contribution is 5.94. The first-order valence-corrected chi connectivity index (χ1v) is 6.40. The first-order chi connectivity index (χ1) is 9.19. The minimum atomic E-state index is -0.224. The maximum Gasteiger partial charge on any atom is 0.243 e. The molecule has 0 heterocycles. The second-order valence-electron chi connectivity index (χ2n) is 4.62. The molecule has 2 rings (SSSR count). The lowest BCUT2D eigenvalue weighted by Crippen LogP contribution is -2.39. The predicted octanol–water partition coefficient (Wildman–Crippen LogP) is 1.55. The zero-order chi connectivity index (χ0) is 13.7. The van der Waals surface area contributed by atoms with Crippen LogP contribution >= 0.6 is 0 Å².